The molecule has 1 fully saturated rings. The maximum Gasteiger partial charge on any atom is 0.334 e. The molecule has 1 aliphatic rings. The Hall–Kier alpha value is -0.220. The average molecular weight is 190 g/mol. The Morgan fingerprint density at radius 3 is 2.75 bits per heavy atom. The summed E-state index contributed by atoms with van der Waals surface area (Å²) in [5.74, 6) is 0.628. The van der Waals surface area contributed by atoms with Crippen LogP contribution < -0.4 is 0 Å². The van der Waals surface area contributed by atoms with Gasteiger partial charge >= 0.3 is 5.97 Å². The summed E-state index contributed by atoms with van der Waals surface area (Å²) < 4.78 is 5.13. The summed E-state index contributed by atoms with van der Waals surface area (Å²) in [5, 5.41) is 8.82. The van der Waals surface area contributed by atoms with Gasteiger partial charge < -0.3 is 5.11 Å². The largest absolute Gasteiger partial charge is 0.479 e. The van der Waals surface area contributed by atoms with Crippen LogP contribution in [-0.4, -0.2) is 22.9 Å². The normalized spacial score (nSPS) is 30.6. The molecular weight excluding hydrogens is 176 g/mol. The van der Waals surface area contributed by atoms with Crippen molar-refractivity contribution < 1.29 is 14.1 Å². The van der Waals surface area contributed by atoms with E-state index < -0.39 is 12.1 Å². The summed E-state index contributed by atoms with van der Waals surface area (Å²) >= 11 is 1.27. The summed E-state index contributed by atoms with van der Waals surface area (Å²) in [6, 6.07) is 0. The van der Waals surface area contributed by atoms with E-state index in [1.54, 1.807) is 0 Å². The highest BCUT2D eigenvalue weighted by molar-refractivity contribution is 7.94. The van der Waals surface area contributed by atoms with Crippen LogP contribution in [0.5, 0.6) is 0 Å². The molecule has 0 aliphatic carbocycles. The zero-order chi connectivity index (χ0) is 9.14. The number of carboxylic acids is 1. The Bertz CT molecular complexity index is 170. The Labute approximate surface area is 76.7 Å². The molecule has 1 N–H and O–H groups in total. The second kappa shape index (κ2) is 4.14. The number of rotatable bonds is 2. The minimum atomic E-state index is -0.832. The first kappa shape index (κ1) is 9.86. The van der Waals surface area contributed by atoms with Gasteiger partial charge in [0.1, 0.15) is 0 Å². The fourth-order valence-corrected chi connectivity index (χ4v) is 2.27. The molecule has 0 aromatic carbocycles. The van der Waals surface area contributed by atoms with Crippen molar-refractivity contribution in [3.63, 3.8) is 0 Å². The lowest BCUT2D eigenvalue weighted by Gasteiger charge is -2.30. The van der Waals surface area contributed by atoms with Crippen LogP contribution in [0.4, 0.5) is 0 Å². The fraction of sp³-hybridized carbons (Fsp3) is 0.875. The first-order chi connectivity index (χ1) is 5.63. The molecule has 1 saturated heterocycles. The fourth-order valence-electron chi connectivity index (χ4n) is 1.44. The molecule has 4 heteroatoms. The van der Waals surface area contributed by atoms with Crippen molar-refractivity contribution in [3.05, 3.63) is 0 Å². The minimum Gasteiger partial charge on any atom is -0.479 e. The van der Waals surface area contributed by atoms with E-state index in [-0.39, 0.29) is 5.92 Å². The third-order valence-electron chi connectivity index (χ3n) is 2.19. The van der Waals surface area contributed by atoms with Gasteiger partial charge in [-0.05, 0) is 24.4 Å². The highest BCUT2D eigenvalue weighted by atomic mass is 32.2. The lowest BCUT2D eigenvalue weighted by Crippen LogP contribution is -2.36. The number of carboxylic acid groups (broad SMARTS) is 1. The van der Waals surface area contributed by atoms with Crippen molar-refractivity contribution in [1.82, 2.24) is 0 Å². The second-order valence-corrected chi connectivity index (χ2v) is 4.21. The zero-order valence-electron chi connectivity index (χ0n) is 7.32. The second-order valence-electron chi connectivity index (χ2n) is 3.37. The monoisotopic (exact) mass is 190 g/mol. The molecule has 3 nitrogen and oxygen atoms in total. The van der Waals surface area contributed by atoms with E-state index in [2.05, 4.69) is 0 Å². The van der Waals surface area contributed by atoms with Gasteiger partial charge in [-0.15, -0.1) is 0 Å². The average Bonchev–Trinajstić information content (AvgIpc) is 2.04. The highest BCUT2D eigenvalue weighted by Crippen LogP contribution is 2.31. The summed E-state index contributed by atoms with van der Waals surface area (Å²) in [6.45, 7) is 4.08. The van der Waals surface area contributed by atoms with Crippen molar-refractivity contribution >= 4 is 18.0 Å². The Morgan fingerprint density at radius 2 is 2.33 bits per heavy atom. The number of hydrogen-bond donors (Lipinski definition) is 1. The van der Waals surface area contributed by atoms with E-state index >= 15 is 0 Å². The molecular formula is C8H14O3S. The number of aliphatic carboxylic acids is 1. The predicted octanol–water partition coefficient (Wildman–Crippen LogP) is 1.78. The topological polar surface area (TPSA) is 46.5 Å². The van der Waals surface area contributed by atoms with Crippen molar-refractivity contribution in [1.29, 1.82) is 0 Å². The smallest absolute Gasteiger partial charge is 0.334 e. The first-order valence-corrected chi connectivity index (χ1v) is 5.05. The molecule has 0 radical (unpaired) electrons. The molecule has 2 unspecified atom stereocenters. The van der Waals surface area contributed by atoms with Crippen LogP contribution in [-0.2, 0) is 8.98 Å². The Morgan fingerprint density at radius 1 is 1.67 bits per heavy atom. The summed E-state index contributed by atoms with van der Waals surface area (Å²) in [6.07, 6.45) is 0.336. The van der Waals surface area contributed by atoms with Crippen molar-refractivity contribution in [3.8, 4) is 0 Å². The molecule has 0 amide bonds. The van der Waals surface area contributed by atoms with Crippen LogP contribution in [0.1, 0.15) is 20.3 Å². The van der Waals surface area contributed by atoms with Gasteiger partial charge in [-0.1, -0.05) is 13.8 Å². The maximum absolute atomic E-state index is 10.7. The van der Waals surface area contributed by atoms with Gasteiger partial charge in [0.05, 0.1) is 0 Å². The minimum absolute atomic E-state index is 0.170. The molecule has 1 rings (SSSR count). The van der Waals surface area contributed by atoms with E-state index in [1.807, 2.05) is 13.8 Å². The van der Waals surface area contributed by atoms with Crippen LogP contribution in [0.3, 0.4) is 0 Å². The molecule has 0 saturated carbocycles. The SMILES string of the molecule is CC(C)C1CCSOC1C(=O)O. The van der Waals surface area contributed by atoms with E-state index in [4.69, 9.17) is 9.29 Å². The van der Waals surface area contributed by atoms with Crippen molar-refractivity contribution in [2.45, 2.75) is 26.4 Å². The van der Waals surface area contributed by atoms with E-state index in [0.717, 1.165) is 12.2 Å². The van der Waals surface area contributed by atoms with E-state index in [9.17, 15) is 4.79 Å². The molecule has 0 bridgehead atoms. The molecule has 70 valence electrons. The van der Waals surface area contributed by atoms with E-state index in [0.29, 0.717) is 5.92 Å². The zero-order valence-corrected chi connectivity index (χ0v) is 8.13. The summed E-state index contributed by atoms with van der Waals surface area (Å²) in [7, 11) is 0. The lowest BCUT2D eigenvalue weighted by atomic mass is 9.88. The van der Waals surface area contributed by atoms with Crippen LogP contribution in [0.25, 0.3) is 0 Å². The van der Waals surface area contributed by atoms with Gasteiger partial charge in [-0.25, -0.2) is 4.79 Å². The highest BCUT2D eigenvalue weighted by Gasteiger charge is 2.34. The number of carbonyl (C=O) groups is 1. The standard InChI is InChI=1S/C8H14O3S/c1-5(2)6-3-4-12-11-7(6)8(9)10/h5-7H,3-4H2,1-2H3,(H,9,10). The first-order valence-electron chi connectivity index (χ1n) is 4.14. The van der Waals surface area contributed by atoms with E-state index in [1.165, 1.54) is 12.0 Å². The van der Waals surface area contributed by atoms with Gasteiger partial charge in [0.25, 0.3) is 0 Å². The summed E-state index contributed by atoms with van der Waals surface area (Å²) in [4.78, 5) is 10.7. The Kier molecular flexibility index (Phi) is 3.40. The number of hydrogen-bond acceptors (Lipinski definition) is 3. The van der Waals surface area contributed by atoms with Gasteiger partial charge in [-0.3, -0.25) is 4.18 Å². The van der Waals surface area contributed by atoms with Gasteiger partial charge in [-0.2, -0.15) is 0 Å². The lowest BCUT2D eigenvalue weighted by molar-refractivity contribution is -0.148. The quantitative estimate of drug-likeness (QED) is 0.674. The molecule has 1 heterocycles. The molecule has 12 heavy (non-hydrogen) atoms. The Balaban J connectivity index is 2.60. The van der Waals surface area contributed by atoms with Crippen LogP contribution >= 0.6 is 12.0 Å². The van der Waals surface area contributed by atoms with Gasteiger partial charge in [0.2, 0.25) is 0 Å². The molecule has 0 spiro atoms. The molecule has 0 aromatic rings. The molecule has 1 aliphatic heterocycles. The third-order valence-corrected chi connectivity index (χ3v) is 2.94. The maximum atomic E-state index is 10.7. The van der Waals surface area contributed by atoms with Crippen molar-refractivity contribution in [2.75, 3.05) is 5.75 Å². The predicted molar refractivity (Wildman–Crippen MR) is 47.9 cm³/mol. The van der Waals surface area contributed by atoms with Crippen molar-refractivity contribution in [2.24, 2.45) is 11.8 Å². The molecule has 0 aromatic heterocycles. The van der Waals surface area contributed by atoms with Gasteiger partial charge in [0.15, 0.2) is 6.10 Å². The molecule has 2 atom stereocenters. The van der Waals surface area contributed by atoms with Crippen LogP contribution in [0.15, 0.2) is 0 Å². The summed E-state index contributed by atoms with van der Waals surface area (Å²) in [5.41, 5.74) is 0. The van der Waals surface area contributed by atoms with Crippen LogP contribution in [0, 0.1) is 11.8 Å². The van der Waals surface area contributed by atoms with Gasteiger partial charge in [0, 0.05) is 11.7 Å². The third kappa shape index (κ3) is 2.14. The van der Waals surface area contributed by atoms with Crippen LogP contribution in [0.2, 0.25) is 0 Å².